The van der Waals surface area contributed by atoms with Crippen LogP contribution in [0.1, 0.15) is 17.3 Å². The smallest absolute Gasteiger partial charge is 0.340 e. The number of rotatable bonds is 9. The predicted molar refractivity (Wildman–Crippen MR) is 109 cm³/mol. The maximum atomic E-state index is 12.5. The third-order valence-electron chi connectivity index (χ3n) is 3.91. The van der Waals surface area contributed by atoms with Crippen LogP contribution in [0.25, 0.3) is 0 Å². The lowest BCUT2D eigenvalue weighted by molar-refractivity contribution is -0.119. The molecule has 11 heteroatoms. The van der Waals surface area contributed by atoms with Crippen molar-refractivity contribution in [3.05, 3.63) is 60.4 Å². The number of carbonyl (C=O) groups excluding carboxylic acids is 3. The number of carbonyl (C=O) groups is 3. The first-order valence-corrected chi connectivity index (χ1v) is 9.35. The maximum Gasteiger partial charge on any atom is 0.340 e. The average molecular weight is 424 g/mol. The number of amides is 2. The number of tetrazole rings is 1. The van der Waals surface area contributed by atoms with Crippen molar-refractivity contribution in [1.29, 1.82) is 0 Å². The fourth-order valence-electron chi connectivity index (χ4n) is 2.61. The molecule has 31 heavy (non-hydrogen) atoms. The molecule has 2 aromatic carbocycles. The van der Waals surface area contributed by atoms with Crippen LogP contribution in [0.15, 0.2) is 54.9 Å². The largest absolute Gasteiger partial charge is 0.492 e. The molecule has 0 aliphatic rings. The van der Waals surface area contributed by atoms with Gasteiger partial charge < -0.3 is 20.1 Å². The minimum absolute atomic E-state index is 0.107. The second kappa shape index (κ2) is 10.5. The molecule has 0 aliphatic heterocycles. The number of ether oxygens (including phenoxy) is 2. The van der Waals surface area contributed by atoms with Crippen molar-refractivity contribution >= 4 is 29.2 Å². The van der Waals surface area contributed by atoms with E-state index in [1.165, 1.54) is 17.1 Å². The zero-order chi connectivity index (χ0) is 22.1. The lowest BCUT2D eigenvalue weighted by Gasteiger charge is -2.12. The number of hydrogen-bond donors (Lipinski definition) is 2. The molecule has 0 saturated heterocycles. The molecular formula is C20H20N6O5. The van der Waals surface area contributed by atoms with Crippen molar-refractivity contribution in [3.63, 3.8) is 0 Å². The molecule has 0 radical (unpaired) electrons. The van der Waals surface area contributed by atoms with Crippen LogP contribution in [-0.4, -0.2) is 51.2 Å². The van der Waals surface area contributed by atoms with Gasteiger partial charge in [0.15, 0.2) is 6.61 Å². The molecule has 2 N–H and O–H groups in total. The second-order valence-electron chi connectivity index (χ2n) is 6.15. The van der Waals surface area contributed by atoms with Crippen LogP contribution < -0.4 is 15.4 Å². The average Bonchev–Trinajstić information content (AvgIpc) is 3.27. The van der Waals surface area contributed by atoms with Gasteiger partial charge in [0.2, 0.25) is 5.91 Å². The molecule has 2 amide bonds. The van der Waals surface area contributed by atoms with Crippen LogP contribution in [0.3, 0.4) is 0 Å². The van der Waals surface area contributed by atoms with Crippen molar-refractivity contribution in [2.45, 2.75) is 13.5 Å². The standard InChI is InChI=1S/C20H20N6O5/c1-2-30-17-10-6-5-9-16(17)23-19(28)12-31-20(29)14-7-3-4-8-15(14)22-18(27)11-26-13-21-24-25-26/h3-10,13H,2,11-12H2,1H3,(H,22,27)(H,23,28). The van der Waals surface area contributed by atoms with Crippen LogP contribution in [0, 0.1) is 0 Å². The lowest BCUT2D eigenvalue weighted by atomic mass is 10.2. The minimum atomic E-state index is -0.758. The SMILES string of the molecule is CCOc1ccccc1NC(=O)COC(=O)c1ccccc1NC(=O)Cn1cnnn1. The summed E-state index contributed by atoms with van der Waals surface area (Å²) in [6.45, 7) is 1.64. The molecule has 0 bridgehead atoms. The normalized spacial score (nSPS) is 10.2. The summed E-state index contributed by atoms with van der Waals surface area (Å²) in [4.78, 5) is 36.8. The van der Waals surface area contributed by atoms with E-state index in [1.54, 1.807) is 42.5 Å². The molecule has 3 rings (SSSR count). The Hall–Kier alpha value is -4.28. The van der Waals surface area contributed by atoms with E-state index in [0.717, 1.165) is 0 Å². The van der Waals surface area contributed by atoms with Gasteiger partial charge in [0, 0.05) is 0 Å². The van der Waals surface area contributed by atoms with E-state index in [2.05, 4.69) is 26.2 Å². The van der Waals surface area contributed by atoms with E-state index in [1.807, 2.05) is 6.92 Å². The van der Waals surface area contributed by atoms with E-state index >= 15 is 0 Å². The number of benzene rings is 2. The molecule has 0 aliphatic carbocycles. The first-order valence-electron chi connectivity index (χ1n) is 9.35. The summed E-state index contributed by atoms with van der Waals surface area (Å²) in [5.74, 6) is -1.20. The van der Waals surface area contributed by atoms with Crippen LogP contribution in [0.2, 0.25) is 0 Å². The van der Waals surface area contributed by atoms with Crippen LogP contribution in [0.5, 0.6) is 5.75 Å². The molecule has 1 aromatic heterocycles. The highest BCUT2D eigenvalue weighted by Gasteiger charge is 2.17. The van der Waals surface area contributed by atoms with Crippen molar-refractivity contribution in [2.24, 2.45) is 0 Å². The number of anilines is 2. The Labute approximate surface area is 177 Å². The number of hydrogen-bond acceptors (Lipinski definition) is 8. The molecule has 0 saturated carbocycles. The Kier molecular flexibility index (Phi) is 7.25. The van der Waals surface area contributed by atoms with E-state index < -0.39 is 24.4 Å². The number of aromatic nitrogens is 4. The van der Waals surface area contributed by atoms with Gasteiger partial charge in [-0.2, -0.15) is 0 Å². The molecule has 160 valence electrons. The molecule has 1 heterocycles. The number of esters is 1. The third kappa shape index (κ3) is 6.10. The van der Waals surface area contributed by atoms with Gasteiger partial charge in [0.25, 0.3) is 5.91 Å². The van der Waals surface area contributed by atoms with E-state index in [0.29, 0.717) is 18.0 Å². The molecular weight excluding hydrogens is 404 g/mol. The maximum absolute atomic E-state index is 12.5. The molecule has 3 aromatic rings. The van der Waals surface area contributed by atoms with Crippen LogP contribution in [0.4, 0.5) is 11.4 Å². The Morgan fingerprint density at radius 2 is 1.68 bits per heavy atom. The third-order valence-corrected chi connectivity index (χ3v) is 3.91. The van der Waals surface area contributed by atoms with E-state index in [4.69, 9.17) is 9.47 Å². The fraction of sp³-hybridized carbons (Fsp3) is 0.200. The highest BCUT2D eigenvalue weighted by molar-refractivity contribution is 6.02. The monoisotopic (exact) mass is 424 g/mol. The topological polar surface area (TPSA) is 137 Å². The summed E-state index contributed by atoms with van der Waals surface area (Å²) in [6, 6.07) is 13.2. The summed E-state index contributed by atoms with van der Waals surface area (Å²) in [5.41, 5.74) is 0.823. The second-order valence-corrected chi connectivity index (χ2v) is 6.15. The van der Waals surface area contributed by atoms with Gasteiger partial charge >= 0.3 is 5.97 Å². The number of nitrogens with one attached hydrogen (secondary N) is 2. The summed E-state index contributed by atoms with van der Waals surface area (Å²) < 4.78 is 11.8. The van der Waals surface area contributed by atoms with Crippen LogP contribution in [-0.2, 0) is 20.9 Å². The molecule has 0 fully saturated rings. The lowest BCUT2D eigenvalue weighted by Crippen LogP contribution is -2.23. The van der Waals surface area contributed by atoms with Crippen molar-refractivity contribution in [1.82, 2.24) is 20.2 Å². The summed E-state index contributed by atoms with van der Waals surface area (Å²) >= 11 is 0. The van der Waals surface area contributed by atoms with E-state index in [-0.39, 0.29) is 17.8 Å². The Bertz CT molecular complexity index is 1050. The Morgan fingerprint density at radius 1 is 0.968 bits per heavy atom. The molecule has 0 spiro atoms. The van der Waals surface area contributed by atoms with Crippen LogP contribution >= 0.6 is 0 Å². The van der Waals surface area contributed by atoms with Gasteiger partial charge in [-0.05, 0) is 41.6 Å². The number of nitrogens with zero attached hydrogens (tertiary/aromatic N) is 4. The number of para-hydroxylation sites is 3. The van der Waals surface area contributed by atoms with Crippen molar-refractivity contribution < 1.29 is 23.9 Å². The highest BCUT2D eigenvalue weighted by atomic mass is 16.5. The Morgan fingerprint density at radius 3 is 2.42 bits per heavy atom. The van der Waals surface area contributed by atoms with Gasteiger partial charge in [-0.3, -0.25) is 9.59 Å². The van der Waals surface area contributed by atoms with Gasteiger partial charge in [-0.15, -0.1) is 5.10 Å². The van der Waals surface area contributed by atoms with Gasteiger partial charge in [-0.25, -0.2) is 9.48 Å². The van der Waals surface area contributed by atoms with Gasteiger partial charge in [0.05, 0.1) is 23.5 Å². The zero-order valence-corrected chi connectivity index (χ0v) is 16.6. The van der Waals surface area contributed by atoms with Crippen molar-refractivity contribution in [2.75, 3.05) is 23.8 Å². The van der Waals surface area contributed by atoms with Crippen molar-refractivity contribution in [3.8, 4) is 5.75 Å². The zero-order valence-electron chi connectivity index (χ0n) is 16.6. The minimum Gasteiger partial charge on any atom is -0.492 e. The summed E-state index contributed by atoms with van der Waals surface area (Å²) in [5, 5.41) is 15.7. The quantitative estimate of drug-likeness (QED) is 0.493. The van der Waals surface area contributed by atoms with Gasteiger partial charge in [0.1, 0.15) is 18.6 Å². The Balaban J connectivity index is 1.58. The molecule has 0 unspecified atom stereocenters. The molecule has 11 nitrogen and oxygen atoms in total. The molecule has 0 atom stereocenters. The fourth-order valence-corrected chi connectivity index (χ4v) is 2.61. The summed E-state index contributed by atoms with van der Waals surface area (Å²) in [6.07, 6.45) is 1.29. The highest BCUT2D eigenvalue weighted by Crippen LogP contribution is 2.23. The first kappa shape index (κ1) is 21.4. The van der Waals surface area contributed by atoms with Gasteiger partial charge in [-0.1, -0.05) is 24.3 Å². The van der Waals surface area contributed by atoms with E-state index in [9.17, 15) is 14.4 Å². The first-order chi connectivity index (χ1) is 15.1. The predicted octanol–water partition coefficient (Wildman–Crippen LogP) is 1.51. The summed E-state index contributed by atoms with van der Waals surface area (Å²) in [7, 11) is 0.